The Balaban J connectivity index is 3.28. The van der Waals surface area contributed by atoms with Gasteiger partial charge in [-0.05, 0) is 50.4 Å². The van der Waals surface area contributed by atoms with Crippen molar-refractivity contribution < 1.29 is 19.1 Å². The Hall–Kier alpha value is -1.05. The predicted molar refractivity (Wildman–Crippen MR) is 87.3 cm³/mol. The van der Waals surface area contributed by atoms with Crippen LogP contribution in [-0.2, 0) is 19.1 Å². The van der Waals surface area contributed by atoms with E-state index in [-0.39, 0.29) is 5.70 Å². The first-order valence-electron chi connectivity index (χ1n) is 5.60. The van der Waals surface area contributed by atoms with Gasteiger partial charge in [0.05, 0.1) is 31.0 Å². The summed E-state index contributed by atoms with van der Waals surface area (Å²) in [6, 6.07) is 1.73. The van der Waals surface area contributed by atoms with Gasteiger partial charge in [0.15, 0.2) is 0 Å². The molecule has 5 nitrogen and oxygen atoms in total. The van der Waals surface area contributed by atoms with Crippen molar-refractivity contribution in [3.05, 3.63) is 37.4 Å². The Morgan fingerprint density at radius 1 is 1.24 bits per heavy atom. The molecule has 0 saturated carbocycles. The molecule has 0 unspecified atom stereocenters. The first-order valence-corrected chi connectivity index (χ1v) is 7.57. The Kier molecular flexibility index (Phi) is 6.70. The average Bonchev–Trinajstić information content (AvgIpc) is 2.46. The number of hydrogen-bond acceptors (Lipinski definition) is 5. The van der Waals surface area contributed by atoms with Gasteiger partial charge in [-0.15, -0.1) is 0 Å². The van der Waals surface area contributed by atoms with Crippen LogP contribution < -0.4 is 5.32 Å². The number of esters is 2. The van der Waals surface area contributed by atoms with Crippen LogP contribution in [0.1, 0.15) is 5.56 Å². The largest absolute Gasteiger partial charge is 0.466 e. The number of carbonyl (C=O) groups is 2. The maximum absolute atomic E-state index is 11.7. The van der Waals surface area contributed by atoms with Gasteiger partial charge in [-0.2, -0.15) is 0 Å². The summed E-state index contributed by atoms with van der Waals surface area (Å²) in [5, 5.41) is 3.32. The fraction of sp³-hybridized carbons (Fsp3) is 0.231. The van der Waals surface area contributed by atoms with E-state index in [0.717, 1.165) is 6.08 Å². The SMILES string of the molecule is COC(=O)/C=C(/Nc1c(Br)cc(Br)c(Cl)c1C)C(=O)OC. The number of hydrogen-bond donors (Lipinski definition) is 1. The molecular weight excluding hydrogens is 429 g/mol. The van der Waals surface area contributed by atoms with Gasteiger partial charge in [0, 0.05) is 8.95 Å². The fourth-order valence-electron chi connectivity index (χ4n) is 1.44. The standard InChI is InChI=1S/C13H12Br2ClNO4/c1-6-11(16)7(14)4-8(15)12(6)17-9(13(19)21-3)5-10(18)20-2/h4-5,17H,1-3H3/b9-5+. The van der Waals surface area contributed by atoms with Crippen molar-refractivity contribution in [2.24, 2.45) is 0 Å². The summed E-state index contributed by atoms with van der Waals surface area (Å²) in [7, 11) is 2.43. The van der Waals surface area contributed by atoms with Crippen molar-refractivity contribution in [3.8, 4) is 0 Å². The molecular formula is C13H12Br2ClNO4. The number of halogens is 3. The third-order valence-corrected chi connectivity index (χ3v) is 4.50. The molecule has 0 bridgehead atoms. The van der Waals surface area contributed by atoms with Gasteiger partial charge in [-0.1, -0.05) is 11.6 Å². The van der Waals surface area contributed by atoms with E-state index in [4.69, 9.17) is 11.6 Å². The molecule has 0 atom stereocenters. The van der Waals surface area contributed by atoms with Gasteiger partial charge in [-0.3, -0.25) is 0 Å². The van der Waals surface area contributed by atoms with Crippen molar-refractivity contribution in [2.75, 3.05) is 19.5 Å². The van der Waals surface area contributed by atoms with Crippen LogP contribution >= 0.6 is 43.5 Å². The van der Waals surface area contributed by atoms with Gasteiger partial charge in [-0.25, -0.2) is 9.59 Å². The molecule has 8 heteroatoms. The van der Waals surface area contributed by atoms with E-state index in [1.165, 1.54) is 14.2 Å². The van der Waals surface area contributed by atoms with Crippen LogP contribution in [0.25, 0.3) is 0 Å². The highest BCUT2D eigenvalue weighted by molar-refractivity contribution is 9.11. The van der Waals surface area contributed by atoms with Gasteiger partial charge >= 0.3 is 11.9 Å². The smallest absolute Gasteiger partial charge is 0.354 e. The summed E-state index contributed by atoms with van der Waals surface area (Å²) in [6.07, 6.45) is 1.01. The number of nitrogens with one attached hydrogen (secondary N) is 1. The van der Waals surface area contributed by atoms with Crippen LogP contribution in [-0.4, -0.2) is 26.2 Å². The number of carbonyl (C=O) groups excluding carboxylic acids is 2. The van der Waals surface area contributed by atoms with Crippen molar-refractivity contribution in [2.45, 2.75) is 6.92 Å². The van der Waals surface area contributed by atoms with Crippen LogP contribution in [0.5, 0.6) is 0 Å². The molecule has 0 aliphatic rings. The van der Waals surface area contributed by atoms with Gasteiger partial charge < -0.3 is 14.8 Å². The summed E-state index contributed by atoms with van der Waals surface area (Å²) < 4.78 is 10.5. The highest BCUT2D eigenvalue weighted by atomic mass is 79.9. The van der Waals surface area contributed by atoms with Gasteiger partial charge in [0.1, 0.15) is 5.70 Å². The zero-order chi connectivity index (χ0) is 16.2. The molecule has 0 amide bonds. The lowest BCUT2D eigenvalue weighted by Crippen LogP contribution is -2.16. The van der Waals surface area contributed by atoms with Crippen LogP contribution in [0, 0.1) is 6.92 Å². The fourth-order valence-corrected chi connectivity index (χ4v) is 3.04. The molecule has 1 aromatic carbocycles. The first-order chi connectivity index (χ1) is 9.81. The number of ether oxygens (including phenoxy) is 2. The summed E-state index contributed by atoms with van der Waals surface area (Å²) >= 11 is 12.8. The monoisotopic (exact) mass is 439 g/mol. The van der Waals surface area contributed by atoms with E-state index >= 15 is 0 Å². The molecule has 1 N–H and O–H groups in total. The molecule has 0 spiro atoms. The maximum atomic E-state index is 11.7. The second-order valence-corrected chi connectivity index (χ2v) is 5.94. The molecule has 1 rings (SSSR count). The molecule has 114 valence electrons. The number of methoxy groups -OCH3 is 2. The number of rotatable bonds is 4. The lowest BCUT2D eigenvalue weighted by Gasteiger charge is -2.15. The molecule has 1 aromatic rings. The number of benzene rings is 1. The topological polar surface area (TPSA) is 64.6 Å². The summed E-state index contributed by atoms with van der Waals surface area (Å²) in [5.74, 6) is -1.38. The van der Waals surface area contributed by atoms with Crippen molar-refractivity contribution in [3.63, 3.8) is 0 Å². The van der Waals surface area contributed by atoms with E-state index in [0.29, 0.717) is 25.2 Å². The quantitative estimate of drug-likeness (QED) is 0.437. The lowest BCUT2D eigenvalue weighted by molar-refractivity contribution is -0.138. The highest BCUT2D eigenvalue weighted by Crippen LogP contribution is 2.37. The lowest BCUT2D eigenvalue weighted by atomic mass is 10.2. The van der Waals surface area contributed by atoms with Crippen molar-refractivity contribution >= 4 is 61.1 Å². The molecule has 0 fully saturated rings. The highest BCUT2D eigenvalue weighted by Gasteiger charge is 2.17. The minimum atomic E-state index is -0.703. The summed E-state index contributed by atoms with van der Waals surface area (Å²) in [4.78, 5) is 23.1. The van der Waals surface area contributed by atoms with E-state index in [9.17, 15) is 9.59 Å². The Morgan fingerprint density at radius 3 is 2.38 bits per heavy atom. The van der Waals surface area contributed by atoms with E-state index in [1.54, 1.807) is 13.0 Å². The van der Waals surface area contributed by atoms with Crippen molar-refractivity contribution in [1.82, 2.24) is 0 Å². The van der Waals surface area contributed by atoms with Crippen LogP contribution in [0.3, 0.4) is 0 Å². The third-order valence-electron chi connectivity index (χ3n) is 2.53. The molecule has 0 aromatic heterocycles. The average molecular weight is 442 g/mol. The van der Waals surface area contributed by atoms with Crippen molar-refractivity contribution in [1.29, 1.82) is 0 Å². The first kappa shape index (κ1) is 18.0. The zero-order valence-corrected chi connectivity index (χ0v) is 15.3. The van der Waals surface area contributed by atoms with Crippen LogP contribution in [0.2, 0.25) is 5.02 Å². The van der Waals surface area contributed by atoms with Crippen LogP contribution in [0.4, 0.5) is 5.69 Å². The predicted octanol–water partition coefficient (Wildman–Crippen LogP) is 3.82. The van der Waals surface area contributed by atoms with E-state index in [1.807, 2.05) is 0 Å². The molecule has 0 aliphatic heterocycles. The van der Waals surface area contributed by atoms with Crippen LogP contribution in [0.15, 0.2) is 26.8 Å². The minimum Gasteiger partial charge on any atom is -0.466 e. The van der Waals surface area contributed by atoms with E-state index in [2.05, 4.69) is 46.7 Å². The zero-order valence-electron chi connectivity index (χ0n) is 11.4. The van der Waals surface area contributed by atoms with Gasteiger partial charge in [0.25, 0.3) is 0 Å². The summed E-state index contributed by atoms with van der Waals surface area (Å²) in [6.45, 7) is 1.77. The number of anilines is 1. The maximum Gasteiger partial charge on any atom is 0.354 e. The van der Waals surface area contributed by atoms with E-state index < -0.39 is 11.9 Å². The normalized spacial score (nSPS) is 11.0. The van der Waals surface area contributed by atoms with Gasteiger partial charge in [0.2, 0.25) is 0 Å². The molecule has 21 heavy (non-hydrogen) atoms. The third kappa shape index (κ3) is 4.46. The Morgan fingerprint density at radius 2 is 1.86 bits per heavy atom. The Bertz CT molecular complexity index is 617. The Labute approximate surface area is 143 Å². The summed E-state index contributed by atoms with van der Waals surface area (Å²) in [5.41, 5.74) is 1.17. The second-order valence-electron chi connectivity index (χ2n) is 3.85. The minimum absolute atomic E-state index is 0.0634. The molecule has 0 aliphatic carbocycles. The molecule has 0 heterocycles. The molecule has 0 radical (unpaired) electrons. The second kappa shape index (κ2) is 7.82. The molecule has 0 saturated heterocycles.